The van der Waals surface area contributed by atoms with E-state index in [-0.39, 0.29) is 35.6 Å². The Balaban J connectivity index is 0.00000400. The minimum atomic E-state index is -0.426. The van der Waals surface area contributed by atoms with E-state index >= 15 is 0 Å². The van der Waals surface area contributed by atoms with Crippen LogP contribution < -0.4 is 4.74 Å². The van der Waals surface area contributed by atoms with Gasteiger partial charge in [0.25, 0.3) is 0 Å². The number of piperidine rings is 1. The summed E-state index contributed by atoms with van der Waals surface area (Å²) in [6.45, 7) is 8.82. The monoisotopic (exact) mass is 535 g/mol. The molecule has 0 spiro atoms. The van der Waals surface area contributed by atoms with Crippen LogP contribution in [0.5, 0.6) is 5.75 Å². The van der Waals surface area contributed by atoms with E-state index in [0.29, 0.717) is 17.7 Å². The molecule has 1 heterocycles. The van der Waals surface area contributed by atoms with Gasteiger partial charge in [-0.3, -0.25) is 9.69 Å². The molecule has 38 heavy (non-hydrogen) atoms. The van der Waals surface area contributed by atoms with E-state index in [1.807, 2.05) is 48.5 Å². The lowest BCUT2D eigenvalue weighted by Crippen LogP contribution is -2.60. The lowest BCUT2D eigenvalue weighted by molar-refractivity contribution is -0.160. The molecule has 1 fully saturated rings. The van der Waals surface area contributed by atoms with Crippen LogP contribution in [0.1, 0.15) is 67.9 Å². The zero-order chi connectivity index (χ0) is 26.6. The van der Waals surface area contributed by atoms with E-state index in [9.17, 15) is 9.59 Å². The van der Waals surface area contributed by atoms with Crippen molar-refractivity contribution in [3.8, 4) is 5.75 Å². The first-order chi connectivity index (χ1) is 17.5. The van der Waals surface area contributed by atoms with Gasteiger partial charge in [-0.15, -0.1) is 12.4 Å². The van der Waals surface area contributed by atoms with Crippen LogP contribution in [0.4, 0.5) is 0 Å². The van der Waals surface area contributed by atoms with E-state index < -0.39 is 11.9 Å². The average molecular weight is 536 g/mol. The van der Waals surface area contributed by atoms with Crippen LogP contribution in [-0.2, 0) is 16.0 Å². The van der Waals surface area contributed by atoms with Crippen molar-refractivity contribution in [1.29, 1.82) is 0 Å². The summed E-state index contributed by atoms with van der Waals surface area (Å²) in [5.74, 6) is -0.563. The summed E-state index contributed by atoms with van der Waals surface area (Å²) < 4.78 is 11.7. The van der Waals surface area contributed by atoms with Gasteiger partial charge in [0.1, 0.15) is 11.9 Å². The molecule has 3 aromatic rings. The van der Waals surface area contributed by atoms with E-state index in [1.165, 1.54) is 0 Å². The smallest absolute Gasteiger partial charge is 0.343 e. The van der Waals surface area contributed by atoms with Gasteiger partial charge in [-0.25, -0.2) is 4.79 Å². The number of hydrogen-bond acceptors (Lipinski definition) is 5. The second-order valence-electron chi connectivity index (χ2n) is 11.2. The number of carbonyl (C=O) groups is 2. The number of halogens is 1. The summed E-state index contributed by atoms with van der Waals surface area (Å²) in [4.78, 5) is 28.3. The Morgan fingerprint density at radius 2 is 1.37 bits per heavy atom. The Bertz CT molecular complexity index is 1190. The number of rotatable bonds is 7. The van der Waals surface area contributed by atoms with Gasteiger partial charge in [-0.1, -0.05) is 60.7 Å². The summed E-state index contributed by atoms with van der Waals surface area (Å²) in [6, 6.07) is 26.0. The number of likely N-dealkylation sites (tertiary alicyclic amines) is 1. The number of ether oxygens (including phenoxy) is 2. The highest BCUT2D eigenvalue weighted by Crippen LogP contribution is 2.39. The molecule has 202 valence electrons. The van der Waals surface area contributed by atoms with Crippen molar-refractivity contribution in [1.82, 2.24) is 4.90 Å². The Hall–Kier alpha value is -3.15. The molecule has 0 bridgehead atoms. The first kappa shape index (κ1) is 29.4. The molecule has 6 heteroatoms. The largest absolute Gasteiger partial charge is 0.462 e. The highest BCUT2D eigenvalue weighted by Gasteiger charge is 2.44. The minimum Gasteiger partial charge on any atom is -0.462 e. The summed E-state index contributed by atoms with van der Waals surface area (Å²) in [6.07, 6.45) is 1.94. The summed E-state index contributed by atoms with van der Waals surface area (Å²) in [5.41, 5.74) is 2.26. The lowest BCUT2D eigenvalue weighted by Gasteiger charge is -2.53. The van der Waals surface area contributed by atoms with Crippen molar-refractivity contribution in [2.24, 2.45) is 0 Å². The number of hydrogen-bond donors (Lipinski definition) is 0. The van der Waals surface area contributed by atoms with Crippen molar-refractivity contribution >= 4 is 24.3 Å². The van der Waals surface area contributed by atoms with E-state index in [1.54, 1.807) is 36.4 Å². The van der Waals surface area contributed by atoms with Crippen molar-refractivity contribution in [3.63, 3.8) is 0 Å². The Labute approximate surface area is 232 Å². The molecule has 5 nitrogen and oxygen atoms in total. The fourth-order valence-corrected chi connectivity index (χ4v) is 5.30. The van der Waals surface area contributed by atoms with Crippen molar-refractivity contribution in [2.75, 3.05) is 7.05 Å². The average Bonchev–Trinajstić information content (AvgIpc) is 2.87. The van der Waals surface area contributed by atoms with Crippen LogP contribution in [0.3, 0.4) is 0 Å². The number of benzene rings is 3. The third kappa shape index (κ3) is 7.03. The van der Waals surface area contributed by atoms with Crippen molar-refractivity contribution in [2.45, 2.75) is 70.1 Å². The quantitative estimate of drug-likeness (QED) is 0.244. The molecule has 1 aliphatic rings. The maximum Gasteiger partial charge on any atom is 0.343 e. The van der Waals surface area contributed by atoms with Crippen LogP contribution >= 0.6 is 12.4 Å². The second-order valence-corrected chi connectivity index (χ2v) is 11.2. The first-order valence-electron chi connectivity index (χ1n) is 12.9. The molecule has 0 radical (unpaired) electrons. The molecule has 1 aliphatic heterocycles. The van der Waals surface area contributed by atoms with Crippen molar-refractivity contribution in [3.05, 3.63) is 102 Å². The molecule has 1 atom stereocenters. The Morgan fingerprint density at radius 3 is 1.92 bits per heavy atom. The summed E-state index contributed by atoms with van der Waals surface area (Å²) in [7, 11) is 2.14. The van der Waals surface area contributed by atoms with Gasteiger partial charge < -0.3 is 9.47 Å². The topological polar surface area (TPSA) is 55.8 Å². The molecular weight excluding hydrogens is 498 g/mol. The standard InChI is InChI=1S/C32H37NO4.ClH/c1-31(2)21-27(22-32(3,4)33(31)5)37-30(35)28(24-12-8-6-9-13-24)20-23-16-18-26(19-17-23)36-29(34)25-14-10-7-11-15-25;/h6-19,27-28H,20-22H2,1-5H3;1H. The maximum absolute atomic E-state index is 13.6. The lowest BCUT2D eigenvalue weighted by atomic mass is 9.78. The molecule has 0 amide bonds. The second kappa shape index (κ2) is 12.1. The fraction of sp³-hybridized carbons (Fsp3) is 0.375. The molecule has 1 unspecified atom stereocenters. The fourth-order valence-electron chi connectivity index (χ4n) is 5.30. The summed E-state index contributed by atoms with van der Waals surface area (Å²) >= 11 is 0. The highest BCUT2D eigenvalue weighted by atomic mass is 35.5. The predicted molar refractivity (Wildman–Crippen MR) is 153 cm³/mol. The van der Waals surface area contributed by atoms with Gasteiger partial charge in [0.05, 0.1) is 11.5 Å². The first-order valence-corrected chi connectivity index (χ1v) is 12.9. The predicted octanol–water partition coefficient (Wildman–Crippen LogP) is 6.85. The number of carbonyl (C=O) groups excluding carboxylic acids is 2. The molecule has 0 N–H and O–H groups in total. The van der Waals surface area contributed by atoms with E-state index in [4.69, 9.17) is 9.47 Å². The van der Waals surface area contributed by atoms with Gasteiger partial charge in [0.15, 0.2) is 0 Å². The van der Waals surface area contributed by atoms with Gasteiger partial charge in [0, 0.05) is 23.9 Å². The molecule has 0 saturated carbocycles. The number of esters is 2. The van der Waals surface area contributed by atoms with Crippen LogP contribution in [0.25, 0.3) is 0 Å². The van der Waals surface area contributed by atoms with Gasteiger partial charge in [-0.05, 0) is 76.6 Å². The molecule has 0 aromatic heterocycles. The zero-order valence-corrected chi connectivity index (χ0v) is 23.7. The molecule has 3 aromatic carbocycles. The Kier molecular flexibility index (Phi) is 9.40. The van der Waals surface area contributed by atoms with Gasteiger partial charge in [0.2, 0.25) is 0 Å². The molecule has 4 rings (SSSR count). The summed E-state index contributed by atoms with van der Waals surface area (Å²) in [5, 5.41) is 0. The van der Waals surface area contributed by atoms with Gasteiger partial charge >= 0.3 is 11.9 Å². The third-order valence-corrected chi connectivity index (χ3v) is 7.62. The van der Waals surface area contributed by atoms with Crippen LogP contribution in [0.2, 0.25) is 0 Å². The Morgan fingerprint density at radius 1 is 0.842 bits per heavy atom. The maximum atomic E-state index is 13.6. The van der Waals surface area contributed by atoms with Crippen LogP contribution in [0.15, 0.2) is 84.9 Å². The SMILES string of the molecule is CN1C(C)(C)CC(OC(=O)C(Cc2ccc(OC(=O)c3ccccc3)cc2)c2ccccc2)CC1(C)C.Cl. The molecule has 1 saturated heterocycles. The van der Waals surface area contributed by atoms with Gasteiger partial charge in [-0.2, -0.15) is 0 Å². The van der Waals surface area contributed by atoms with E-state index in [2.05, 4.69) is 39.6 Å². The zero-order valence-electron chi connectivity index (χ0n) is 22.8. The normalized spacial score (nSPS) is 17.6. The van der Waals surface area contributed by atoms with Crippen LogP contribution in [-0.4, -0.2) is 41.1 Å². The van der Waals surface area contributed by atoms with E-state index in [0.717, 1.165) is 24.0 Å². The molecule has 0 aliphatic carbocycles. The molecular formula is C32H38ClNO4. The highest BCUT2D eigenvalue weighted by molar-refractivity contribution is 5.91. The minimum absolute atomic E-state index is 0. The number of nitrogens with zero attached hydrogens (tertiary/aromatic N) is 1. The van der Waals surface area contributed by atoms with Crippen molar-refractivity contribution < 1.29 is 19.1 Å². The third-order valence-electron chi connectivity index (χ3n) is 7.62. The van der Waals surface area contributed by atoms with Crippen LogP contribution in [0, 0.1) is 0 Å².